The first-order chi connectivity index (χ1) is 27.2. The van der Waals surface area contributed by atoms with E-state index >= 15 is 0 Å². The summed E-state index contributed by atoms with van der Waals surface area (Å²) < 4.78 is 19.6. The Kier molecular flexibility index (Phi) is 9.41. The van der Waals surface area contributed by atoms with Gasteiger partial charge in [0.15, 0.2) is 0 Å². The van der Waals surface area contributed by atoms with Gasteiger partial charge in [0.25, 0.3) is 0 Å². The second kappa shape index (κ2) is 15.1. The summed E-state index contributed by atoms with van der Waals surface area (Å²) in [5, 5.41) is 2.34. The van der Waals surface area contributed by atoms with Gasteiger partial charge in [-0.3, -0.25) is 0 Å². The van der Waals surface area contributed by atoms with Crippen LogP contribution in [0.5, 0.6) is 0 Å². The SMILES string of the molecule is Fc1ccc(N(c2ccc(-c3ccc(-c4cc[c]([Ge]([c]5ccccc5)([c]5ccccc5)[c]5ccccc5)cc4)cc3)cc2)c2ccc3ccccc3c2)cc1. The van der Waals surface area contributed by atoms with E-state index in [0.29, 0.717) is 0 Å². The van der Waals surface area contributed by atoms with Crippen molar-refractivity contribution in [2.45, 2.75) is 0 Å². The zero-order valence-corrected chi connectivity index (χ0v) is 32.4. The Morgan fingerprint density at radius 1 is 0.291 bits per heavy atom. The molecule has 0 unspecified atom stereocenters. The Bertz CT molecular complexity index is 2560. The van der Waals surface area contributed by atoms with E-state index in [1.807, 2.05) is 12.1 Å². The molecule has 0 saturated carbocycles. The van der Waals surface area contributed by atoms with Crippen LogP contribution in [0.25, 0.3) is 33.0 Å². The number of fused-ring (bicyclic) bond motifs is 1. The van der Waals surface area contributed by atoms with Gasteiger partial charge in [-0.05, 0) is 47.2 Å². The van der Waals surface area contributed by atoms with Crippen molar-refractivity contribution in [2.75, 3.05) is 4.90 Å². The molecule has 0 aliphatic rings. The zero-order chi connectivity index (χ0) is 37.0. The number of benzene rings is 9. The summed E-state index contributed by atoms with van der Waals surface area (Å²) in [6.07, 6.45) is 0. The molecule has 55 heavy (non-hydrogen) atoms. The van der Waals surface area contributed by atoms with Crippen molar-refractivity contribution in [3.8, 4) is 22.3 Å². The fraction of sp³-hybridized carbons (Fsp3) is 0. The molecule has 0 aromatic heterocycles. The maximum absolute atomic E-state index is 14.0. The van der Waals surface area contributed by atoms with Crippen molar-refractivity contribution in [3.63, 3.8) is 0 Å². The van der Waals surface area contributed by atoms with Crippen LogP contribution >= 0.6 is 0 Å². The van der Waals surface area contributed by atoms with E-state index in [0.717, 1.165) is 33.6 Å². The predicted octanol–water partition coefficient (Wildman–Crippen LogP) is 11.2. The Hall–Kier alpha value is -6.49. The molecule has 9 aromatic carbocycles. The molecule has 0 fully saturated rings. The molecule has 0 N–H and O–H groups in total. The molecule has 0 bridgehead atoms. The minimum absolute atomic E-state index is 0.251. The largest absolute Gasteiger partial charge is 0.0616 e. The van der Waals surface area contributed by atoms with Crippen LogP contribution in [0.15, 0.2) is 231 Å². The van der Waals surface area contributed by atoms with Crippen molar-refractivity contribution in [2.24, 2.45) is 0 Å². The molecule has 0 atom stereocenters. The third-order valence-corrected chi connectivity index (χ3v) is 20.8. The van der Waals surface area contributed by atoms with Crippen molar-refractivity contribution in [3.05, 3.63) is 236 Å². The summed E-state index contributed by atoms with van der Waals surface area (Å²) >= 11 is -3.30. The van der Waals surface area contributed by atoms with Crippen molar-refractivity contribution < 1.29 is 4.39 Å². The average Bonchev–Trinajstić information content (AvgIpc) is 3.26. The average molecular weight is 768 g/mol. The predicted molar refractivity (Wildman–Crippen MR) is 233 cm³/mol. The summed E-state index contributed by atoms with van der Waals surface area (Å²) in [6, 6.07) is 81.6. The van der Waals surface area contributed by atoms with E-state index in [2.05, 4.69) is 211 Å². The molecule has 0 amide bonds. The molecule has 0 aliphatic carbocycles. The van der Waals surface area contributed by atoms with Crippen molar-refractivity contribution >= 4 is 58.7 Å². The van der Waals surface area contributed by atoms with Gasteiger partial charge in [-0.25, -0.2) is 4.39 Å². The van der Waals surface area contributed by atoms with Gasteiger partial charge in [-0.2, -0.15) is 0 Å². The molecule has 262 valence electrons. The standard InChI is InChI=1S/C52H38FGeN/c53-45-29-36-51(37-30-45)55(52-35-28-39-12-10-11-13-44(39)38-52)50-33-26-43(27-34-50)41-22-20-40(21-23-41)42-24-31-49(32-25-42)54(46-14-4-1-5-15-46,47-16-6-2-7-17-47)48-18-8-3-9-19-48/h1-38H. The second-order valence-electron chi connectivity index (χ2n) is 13.9. The van der Waals surface area contributed by atoms with E-state index in [1.54, 1.807) is 0 Å². The van der Waals surface area contributed by atoms with E-state index < -0.39 is 13.3 Å². The number of anilines is 3. The third-order valence-electron chi connectivity index (χ3n) is 10.7. The topological polar surface area (TPSA) is 3.24 Å². The van der Waals surface area contributed by atoms with Crippen molar-refractivity contribution in [1.82, 2.24) is 0 Å². The quantitative estimate of drug-likeness (QED) is 0.132. The summed E-state index contributed by atoms with van der Waals surface area (Å²) in [5.74, 6) is -0.251. The fourth-order valence-electron chi connectivity index (χ4n) is 7.99. The Labute approximate surface area is 325 Å². The zero-order valence-electron chi connectivity index (χ0n) is 30.3. The number of hydrogen-bond acceptors (Lipinski definition) is 1. The van der Waals surface area contributed by atoms with E-state index in [1.165, 1.54) is 46.2 Å². The van der Waals surface area contributed by atoms with Crippen LogP contribution in [-0.4, -0.2) is 13.3 Å². The third kappa shape index (κ3) is 6.67. The first-order valence-corrected chi connectivity index (χ1v) is 22.9. The van der Waals surface area contributed by atoms with E-state index in [9.17, 15) is 4.39 Å². The van der Waals surface area contributed by atoms with Crippen molar-refractivity contribution in [1.29, 1.82) is 0 Å². The first kappa shape index (κ1) is 34.3. The van der Waals surface area contributed by atoms with Gasteiger partial charge in [0, 0.05) is 11.4 Å². The Morgan fingerprint density at radius 2 is 0.636 bits per heavy atom. The minimum Gasteiger partial charge on any atom is -0.0616 e. The van der Waals surface area contributed by atoms with Crippen LogP contribution in [0.4, 0.5) is 21.5 Å². The smallest absolute Gasteiger partial charge is 0.0468 e. The van der Waals surface area contributed by atoms with E-state index in [-0.39, 0.29) is 5.82 Å². The maximum atomic E-state index is 14.0. The molecule has 0 saturated heterocycles. The number of rotatable bonds is 9. The monoisotopic (exact) mass is 769 g/mol. The molecule has 0 aliphatic heterocycles. The Morgan fingerprint density at radius 3 is 1.11 bits per heavy atom. The van der Waals surface area contributed by atoms with Crippen LogP contribution < -0.4 is 22.5 Å². The molecule has 1 nitrogen and oxygen atoms in total. The fourth-order valence-corrected chi connectivity index (χ4v) is 17.9. The van der Waals surface area contributed by atoms with Gasteiger partial charge in [0.1, 0.15) is 5.82 Å². The summed E-state index contributed by atoms with van der Waals surface area (Å²) in [4.78, 5) is 2.17. The van der Waals surface area contributed by atoms with Gasteiger partial charge >= 0.3 is 223 Å². The van der Waals surface area contributed by atoms with Gasteiger partial charge in [0.05, 0.1) is 0 Å². The molecule has 0 radical (unpaired) electrons. The molecular formula is C52H38FGeN. The number of halogens is 1. The van der Waals surface area contributed by atoms with Crippen LogP contribution in [0, 0.1) is 5.82 Å². The second-order valence-corrected chi connectivity index (χ2v) is 21.9. The number of hydrogen-bond donors (Lipinski definition) is 0. The molecule has 9 aromatic rings. The van der Waals surface area contributed by atoms with Gasteiger partial charge < -0.3 is 4.90 Å². The molecule has 0 heterocycles. The van der Waals surface area contributed by atoms with Gasteiger partial charge in [-0.15, -0.1) is 0 Å². The van der Waals surface area contributed by atoms with Crippen LogP contribution in [0.2, 0.25) is 0 Å². The number of nitrogens with zero attached hydrogens (tertiary/aromatic N) is 1. The van der Waals surface area contributed by atoms with Crippen LogP contribution in [0.1, 0.15) is 0 Å². The first-order valence-electron chi connectivity index (χ1n) is 18.7. The van der Waals surface area contributed by atoms with Gasteiger partial charge in [-0.1, -0.05) is 30.3 Å². The van der Waals surface area contributed by atoms with Crippen LogP contribution in [-0.2, 0) is 0 Å². The Balaban J connectivity index is 1.02. The van der Waals surface area contributed by atoms with E-state index in [4.69, 9.17) is 0 Å². The van der Waals surface area contributed by atoms with Crippen LogP contribution in [0.3, 0.4) is 0 Å². The molecule has 0 spiro atoms. The molecule has 9 rings (SSSR count). The minimum atomic E-state index is -3.30. The summed E-state index contributed by atoms with van der Waals surface area (Å²) in [5.41, 5.74) is 7.59. The summed E-state index contributed by atoms with van der Waals surface area (Å²) in [6.45, 7) is 0. The van der Waals surface area contributed by atoms with Gasteiger partial charge in [0.2, 0.25) is 0 Å². The summed E-state index contributed by atoms with van der Waals surface area (Å²) in [7, 11) is 0. The molecular weight excluding hydrogens is 730 g/mol. The maximum Gasteiger partial charge on any atom is 0.0468 e. The molecule has 3 heteroatoms. The normalized spacial score (nSPS) is 11.4.